The number of nitrogens with zero attached hydrogens (tertiary/aromatic N) is 2. The van der Waals surface area contributed by atoms with Gasteiger partial charge in [-0.05, 0) is 30.0 Å². The second-order valence-corrected chi connectivity index (χ2v) is 6.43. The van der Waals surface area contributed by atoms with Gasteiger partial charge < -0.3 is 19.4 Å². The van der Waals surface area contributed by atoms with Gasteiger partial charge in [0.25, 0.3) is 5.91 Å². The number of carbonyl (C=O) groups is 1. The number of amides is 1. The number of carbonyl (C=O) groups excluding carboxylic acids is 1. The molecule has 2 aromatic rings. The number of imidazole rings is 1. The monoisotopic (exact) mass is 353 g/mol. The zero-order chi connectivity index (χ0) is 16.2. The number of anilines is 1. The Morgan fingerprint density at radius 3 is 3.04 bits per heavy atom. The smallest absolute Gasteiger partial charge is 0.255 e. The Labute approximate surface area is 143 Å². The number of hydrogen-bond acceptors (Lipinski definition) is 5. The minimum Gasteiger partial charge on any atom is -0.376 e. The maximum absolute atomic E-state index is 12.3. The highest BCUT2D eigenvalue weighted by molar-refractivity contribution is 7.99. The standard InChI is InChI=1S/C15H16ClN3O3S/c1-19-5-4-17-15(19)23-13-3-2-10(16)8-11(13)18-14(20)12-9-21-6-7-22-12/h2-5,8,12H,6-7,9H2,1H3,(H,18,20)/t12-/m1/s1. The molecule has 6 nitrogen and oxygen atoms in total. The Bertz CT molecular complexity index is 701. The fraction of sp³-hybridized carbons (Fsp3) is 0.333. The van der Waals surface area contributed by atoms with Crippen molar-refractivity contribution in [1.82, 2.24) is 9.55 Å². The van der Waals surface area contributed by atoms with Crippen molar-refractivity contribution in [3.05, 3.63) is 35.6 Å². The van der Waals surface area contributed by atoms with E-state index >= 15 is 0 Å². The molecule has 1 atom stereocenters. The molecular weight excluding hydrogens is 338 g/mol. The molecule has 1 amide bonds. The fourth-order valence-electron chi connectivity index (χ4n) is 2.09. The molecule has 0 bridgehead atoms. The second-order valence-electron chi connectivity index (χ2n) is 4.99. The molecule has 23 heavy (non-hydrogen) atoms. The van der Waals surface area contributed by atoms with Crippen LogP contribution in [0.15, 0.2) is 40.6 Å². The van der Waals surface area contributed by atoms with Gasteiger partial charge in [0.1, 0.15) is 0 Å². The van der Waals surface area contributed by atoms with Crippen molar-refractivity contribution >= 4 is 35.0 Å². The molecule has 1 fully saturated rings. The predicted octanol–water partition coefficient (Wildman–Crippen LogP) is 2.58. The molecule has 1 aromatic carbocycles. The molecule has 0 unspecified atom stereocenters. The quantitative estimate of drug-likeness (QED) is 0.915. The number of nitrogens with one attached hydrogen (secondary N) is 1. The topological polar surface area (TPSA) is 65.4 Å². The second kappa shape index (κ2) is 7.35. The Hall–Kier alpha value is -1.54. The maximum Gasteiger partial charge on any atom is 0.255 e. The molecule has 3 rings (SSSR count). The summed E-state index contributed by atoms with van der Waals surface area (Å²) < 4.78 is 12.6. The van der Waals surface area contributed by atoms with Gasteiger partial charge in [-0.2, -0.15) is 0 Å². The van der Waals surface area contributed by atoms with E-state index in [9.17, 15) is 4.79 Å². The van der Waals surface area contributed by atoms with E-state index in [0.29, 0.717) is 23.9 Å². The lowest BCUT2D eigenvalue weighted by molar-refractivity contribution is -0.142. The van der Waals surface area contributed by atoms with E-state index in [1.54, 1.807) is 18.3 Å². The van der Waals surface area contributed by atoms with Crippen molar-refractivity contribution < 1.29 is 14.3 Å². The van der Waals surface area contributed by atoms with Crippen LogP contribution in [0, 0.1) is 0 Å². The van der Waals surface area contributed by atoms with E-state index < -0.39 is 6.10 Å². The normalized spacial score (nSPS) is 17.9. The third kappa shape index (κ3) is 4.06. The zero-order valence-electron chi connectivity index (χ0n) is 12.5. The first kappa shape index (κ1) is 16.3. The Balaban J connectivity index is 1.78. The molecule has 1 N–H and O–H groups in total. The molecule has 0 saturated carbocycles. The number of hydrogen-bond donors (Lipinski definition) is 1. The number of halogens is 1. The maximum atomic E-state index is 12.3. The molecule has 1 aliphatic heterocycles. The lowest BCUT2D eigenvalue weighted by Crippen LogP contribution is -2.39. The van der Waals surface area contributed by atoms with Crippen LogP contribution in [0.4, 0.5) is 5.69 Å². The van der Waals surface area contributed by atoms with Gasteiger partial charge in [0, 0.05) is 29.4 Å². The first-order chi connectivity index (χ1) is 11.1. The van der Waals surface area contributed by atoms with Crippen molar-refractivity contribution in [2.24, 2.45) is 7.05 Å². The van der Waals surface area contributed by atoms with E-state index in [1.807, 2.05) is 23.9 Å². The molecular formula is C15H16ClN3O3S. The molecule has 1 saturated heterocycles. The van der Waals surface area contributed by atoms with Crippen LogP contribution in [0.5, 0.6) is 0 Å². The van der Waals surface area contributed by atoms with Gasteiger partial charge in [0.15, 0.2) is 11.3 Å². The van der Waals surface area contributed by atoms with Crippen molar-refractivity contribution in [2.45, 2.75) is 16.2 Å². The summed E-state index contributed by atoms with van der Waals surface area (Å²) in [6.45, 7) is 1.19. The van der Waals surface area contributed by atoms with Gasteiger partial charge in [0.2, 0.25) is 0 Å². The van der Waals surface area contributed by atoms with Crippen molar-refractivity contribution in [3.8, 4) is 0 Å². The zero-order valence-corrected chi connectivity index (χ0v) is 14.1. The highest BCUT2D eigenvalue weighted by atomic mass is 35.5. The summed E-state index contributed by atoms with van der Waals surface area (Å²) in [6, 6.07) is 5.35. The minimum absolute atomic E-state index is 0.242. The lowest BCUT2D eigenvalue weighted by atomic mass is 10.2. The number of rotatable bonds is 4. The van der Waals surface area contributed by atoms with E-state index in [0.717, 1.165) is 10.1 Å². The molecule has 1 aromatic heterocycles. The highest BCUT2D eigenvalue weighted by Gasteiger charge is 2.23. The third-order valence-corrected chi connectivity index (χ3v) is 4.67. The van der Waals surface area contributed by atoms with Crippen LogP contribution < -0.4 is 5.32 Å². The van der Waals surface area contributed by atoms with Gasteiger partial charge in [0.05, 0.1) is 25.5 Å². The molecule has 0 spiro atoms. The minimum atomic E-state index is -0.603. The van der Waals surface area contributed by atoms with Crippen LogP contribution in [-0.4, -0.2) is 41.4 Å². The van der Waals surface area contributed by atoms with Crippen LogP contribution >= 0.6 is 23.4 Å². The van der Waals surface area contributed by atoms with Crippen LogP contribution in [0.3, 0.4) is 0 Å². The van der Waals surface area contributed by atoms with Crippen molar-refractivity contribution in [1.29, 1.82) is 0 Å². The Morgan fingerprint density at radius 1 is 1.48 bits per heavy atom. The van der Waals surface area contributed by atoms with Gasteiger partial charge in [-0.15, -0.1) is 0 Å². The van der Waals surface area contributed by atoms with E-state index in [2.05, 4.69) is 10.3 Å². The average molecular weight is 354 g/mol. The summed E-state index contributed by atoms with van der Waals surface area (Å²) in [5.41, 5.74) is 0.629. The first-order valence-corrected chi connectivity index (χ1v) is 8.28. The number of aryl methyl sites for hydroxylation is 1. The molecule has 8 heteroatoms. The molecule has 2 heterocycles. The van der Waals surface area contributed by atoms with E-state index in [1.165, 1.54) is 11.8 Å². The van der Waals surface area contributed by atoms with Crippen LogP contribution in [-0.2, 0) is 21.3 Å². The average Bonchev–Trinajstić information content (AvgIpc) is 2.96. The van der Waals surface area contributed by atoms with Crippen LogP contribution in [0.2, 0.25) is 5.02 Å². The lowest BCUT2D eigenvalue weighted by Gasteiger charge is -2.22. The van der Waals surface area contributed by atoms with Gasteiger partial charge in [-0.25, -0.2) is 4.98 Å². The summed E-state index contributed by atoms with van der Waals surface area (Å²) >= 11 is 7.51. The molecule has 122 valence electrons. The number of benzene rings is 1. The van der Waals surface area contributed by atoms with Gasteiger partial charge in [-0.1, -0.05) is 11.6 Å². The van der Waals surface area contributed by atoms with E-state index in [-0.39, 0.29) is 12.5 Å². The Kier molecular flexibility index (Phi) is 5.22. The fourth-order valence-corrected chi connectivity index (χ4v) is 3.13. The SMILES string of the molecule is Cn1ccnc1Sc1ccc(Cl)cc1NC(=O)[C@H]1COCCO1. The highest BCUT2D eigenvalue weighted by Crippen LogP contribution is 2.34. The first-order valence-electron chi connectivity index (χ1n) is 7.08. The third-order valence-electron chi connectivity index (χ3n) is 3.29. The van der Waals surface area contributed by atoms with Crippen molar-refractivity contribution in [2.75, 3.05) is 25.1 Å². The molecule has 0 radical (unpaired) electrons. The van der Waals surface area contributed by atoms with Gasteiger partial charge >= 0.3 is 0 Å². The summed E-state index contributed by atoms with van der Waals surface area (Å²) in [5, 5.41) is 4.23. The molecule has 0 aliphatic carbocycles. The summed E-state index contributed by atoms with van der Waals surface area (Å²) in [7, 11) is 1.91. The number of ether oxygens (including phenoxy) is 2. The van der Waals surface area contributed by atoms with Gasteiger partial charge in [-0.3, -0.25) is 4.79 Å². The largest absolute Gasteiger partial charge is 0.376 e. The molecule has 1 aliphatic rings. The van der Waals surface area contributed by atoms with E-state index in [4.69, 9.17) is 21.1 Å². The summed E-state index contributed by atoms with van der Waals surface area (Å²) in [6.07, 6.45) is 2.99. The predicted molar refractivity (Wildman–Crippen MR) is 88.0 cm³/mol. The van der Waals surface area contributed by atoms with Crippen LogP contribution in [0.25, 0.3) is 0 Å². The number of aromatic nitrogens is 2. The summed E-state index contributed by atoms with van der Waals surface area (Å²) in [5.74, 6) is -0.242. The Morgan fingerprint density at radius 2 is 2.35 bits per heavy atom. The van der Waals surface area contributed by atoms with Crippen molar-refractivity contribution in [3.63, 3.8) is 0 Å². The summed E-state index contributed by atoms with van der Waals surface area (Å²) in [4.78, 5) is 17.4. The van der Waals surface area contributed by atoms with Crippen LogP contribution in [0.1, 0.15) is 0 Å².